The molecule has 158 valence electrons. The maximum atomic E-state index is 6.66. The van der Waals surface area contributed by atoms with Gasteiger partial charge >= 0.3 is 0 Å². The molecule has 1 aliphatic heterocycles. The second kappa shape index (κ2) is 7.93. The molecule has 11 heteroatoms. The number of nitrogens with two attached hydrogens (primary N) is 2. The number of nitrogen functional groups attached to an aromatic ring is 1. The molecule has 0 bridgehead atoms. The lowest BCUT2D eigenvalue weighted by atomic mass is 9.40. The summed E-state index contributed by atoms with van der Waals surface area (Å²) in [6, 6.07) is 5.41. The Labute approximate surface area is 198 Å². The van der Waals surface area contributed by atoms with Crippen molar-refractivity contribution in [3.8, 4) is 0 Å². The topological polar surface area (TPSA) is 107 Å². The van der Waals surface area contributed by atoms with E-state index in [2.05, 4.69) is 24.8 Å². The fraction of sp³-hybridized carbons (Fsp3) is 0.333. The van der Waals surface area contributed by atoms with Crippen LogP contribution in [0.5, 0.6) is 0 Å². The van der Waals surface area contributed by atoms with Gasteiger partial charge in [-0.15, -0.1) is 0 Å². The standard InChI is InChI=1S/C21H20B2ClN7S/c22-21(23)18-12(2-1-6-27-18)17(25)20(21)4-8-31(9-5-20)14-10-30-15(11-29-14)32-13-3-7-28-19(26)16(13)24/h1-3,6-7,10-11,17H,4-5,8-9,25H2,(H2,26,28)/t17-/m1/s1. The molecule has 1 saturated heterocycles. The van der Waals surface area contributed by atoms with Gasteiger partial charge < -0.3 is 16.4 Å². The Balaban J connectivity index is 1.30. The van der Waals surface area contributed by atoms with E-state index >= 15 is 0 Å². The van der Waals surface area contributed by atoms with Gasteiger partial charge in [0.1, 0.15) is 16.7 Å². The van der Waals surface area contributed by atoms with Gasteiger partial charge in [0.25, 0.3) is 0 Å². The maximum absolute atomic E-state index is 6.66. The number of hydrogen-bond donors (Lipinski definition) is 2. The van der Waals surface area contributed by atoms with Crippen LogP contribution in [0.2, 0.25) is 5.02 Å². The summed E-state index contributed by atoms with van der Waals surface area (Å²) in [5.74, 6) is 1.09. The molecule has 5 rings (SSSR count). The number of hydrogen-bond acceptors (Lipinski definition) is 8. The molecule has 3 aromatic heterocycles. The van der Waals surface area contributed by atoms with Crippen LogP contribution in [-0.4, -0.2) is 48.7 Å². The van der Waals surface area contributed by atoms with Crippen LogP contribution in [0.1, 0.15) is 30.1 Å². The summed E-state index contributed by atoms with van der Waals surface area (Å²) >= 11 is 7.62. The number of piperidine rings is 1. The van der Waals surface area contributed by atoms with Crippen molar-refractivity contribution in [2.24, 2.45) is 11.1 Å². The Hall–Kier alpha value is -2.29. The van der Waals surface area contributed by atoms with Gasteiger partial charge in [-0.2, -0.15) is 0 Å². The van der Waals surface area contributed by atoms with Crippen LogP contribution in [0.3, 0.4) is 0 Å². The van der Waals surface area contributed by atoms with E-state index in [1.807, 2.05) is 12.1 Å². The molecule has 4 heterocycles. The van der Waals surface area contributed by atoms with Crippen LogP contribution in [0.15, 0.2) is 52.9 Å². The summed E-state index contributed by atoms with van der Waals surface area (Å²) in [5.41, 5.74) is 13.6. The van der Waals surface area contributed by atoms with Crippen molar-refractivity contribution in [3.63, 3.8) is 0 Å². The highest BCUT2D eigenvalue weighted by molar-refractivity contribution is 7.99. The molecule has 0 unspecified atom stereocenters. The van der Waals surface area contributed by atoms with E-state index in [0.29, 0.717) is 16.5 Å². The maximum Gasteiger partial charge on any atom is 0.147 e. The summed E-state index contributed by atoms with van der Waals surface area (Å²) in [4.78, 5) is 20.5. The van der Waals surface area contributed by atoms with Crippen molar-refractivity contribution >= 4 is 50.7 Å². The second-order valence-electron chi connectivity index (χ2n) is 8.25. The first-order chi connectivity index (χ1) is 15.3. The molecule has 1 fully saturated rings. The van der Waals surface area contributed by atoms with E-state index in [1.54, 1.807) is 30.9 Å². The quantitative estimate of drug-likeness (QED) is 0.575. The molecule has 0 saturated carbocycles. The third-order valence-corrected chi connectivity index (χ3v) is 8.16. The monoisotopic (exact) mass is 459 g/mol. The third kappa shape index (κ3) is 3.27. The molecule has 3 aromatic rings. The number of pyridine rings is 2. The molecular formula is C21H20B2ClN7S. The minimum Gasteiger partial charge on any atom is -0.382 e. The van der Waals surface area contributed by atoms with Crippen LogP contribution in [0.25, 0.3) is 0 Å². The van der Waals surface area contributed by atoms with E-state index < -0.39 is 10.6 Å². The number of halogens is 1. The SMILES string of the molecule is [B]C1([B])c2ncccc2[C@@H](N)C12CCN(c1cnc(Sc3ccnc(N)c3Cl)cn1)CC2. The predicted molar refractivity (Wildman–Crippen MR) is 128 cm³/mol. The summed E-state index contributed by atoms with van der Waals surface area (Å²) < 4.78 is 0. The van der Waals surface area contributed by atoms with E-state index in [9.17, 15) is 0 Å². The van der Waals surface area contributed by atoms with Crippen molar-refractivity contribution in [2.75, 3.05) is 23.7 Å². The first-order valence-corrected chi connectivity index (χ1v) is 11.5. The van der Waals surface area contributed by atoms with Gasteiger partial charge in [-0.25, -0.2) is 15.0 Å². The molecule has 4 N–H and O–H groups in total. The van der Waals surface area contributed by atoms with Gasteiger partial charge in [0.2, 0.25) is 0 Å². The first kappa shape index (κ1) is 21.6. The lowest BCUT2D eigenvalue weighted by molar-refractivity contribution is 0.160. The van der Waals surface area contributed by atoms with Crippen molar-refractivity contribution in [2.45, 2.75) is 34.0 Å². The Morgan fingerprint density at radius 1 is 1.06 bits per heavy atom. The zero-order valence-corrected chi connectivity index (χ0v) is 18.9. The Bertz CT molecular complexity index is 1150. The average Bonchev–Trinajstić information content (AvgIpc) is 2.97. The fourth-order valence-electron chi connectivity index (χ4n) is 4.82. The highest BCUT2D eigenvalue weighted by Gasteiger charge is 2.57. The van der Waals surface area contributed by atoms with Crippen LogP contribution in [0.4, 0.5) is 11.6 Å². The average molecular weight is 460 g/mol. The predicted octanol–water partition coefficient (Wildman–Crippen LogP) is 2.44. The van der Waals surface area contributed by atoms with Crippen LogP contribution >= 0.6 is 23.4 Å². The largest absolute Gasteiger partial charge is 0.382 e. The second-order valence-corrected chi connectivity index (χ2v) is 9.69. The summed E-state index contributed by atoms with van der Waals surface area (Å²) in [7, 11) is 13.3. The normalized spacial score (nSPS) is 20.9. The van der Waals surface area contributed by atoms with Crippen LogP contribution in [-0.2, 0) is 5.21 Å². The molecule has 2 aliphatic rings. The van der Waals surface area contributed by atoms with Crippen LogP contribution < -0.4 is 16.4 Å². The highest BCUT2D eigenvalue weighted by Crippen LogP contribution is 2.58. The summed E-state index contributed by atoms with van der Waals surface area (Å²) in [6.45, 7) is 1.46. The van der Waals surface area contributed by atoms with Crippen molar-refractivity contribution in [3.05, 3.63) is 59.3 Å². The van der Waals surface area contributed by atoms with E-state index in [1.165, 1.54) is 11.8 Å². The molecule has 4 radical (unpaired) electrons. The Morgan fingerprint density at radius 2 is 1.84 bits per heavy atom. The number of fused-ring (bicyclic) bond motifs is 1. The molecule has 0 amide bonds. The highest BCUT2D eigenvalue weighted by atomic mass is 35.5. The van der Waals surface area contributed by atoms with Gasteiger partial charge in [-0.1, -0.05) is 34.6 Å². The van der Waals surface area contributed by atoms with E-state index in [4.69, 9.17) is 38.8 Å². The molecule has 1 aliphatic carbocycles. The van der Waals surface area contributed by atoms with E-state index in [0.717, 1.165) is 47.2 Å². The smallest absolute Gasteiger partial charge is 0.147 e. The van der Waals surface area contributed by atoms with Crippen molar-refractivity contribution in [1.29, 1.82) is 0 Å². The lowest BCUT2D eigenvalue weighted by Gasteiger charge is -2.50. The zero-order chi connectivity index (χ0) is 22.5. The minimum absolute atomic E-state index is 0.245. The fourth-order valence-corrected chi connectivity index (χ4v) is 5.81. The first-order valence-electron chi connectivity index (χ1n) is 10.3. The van der Waals surface area contributed by atoms with Gasteiger partial charge in [-0.05, 0) is 36.0 Å². The van der Waals surface area contributed by atoms with E-state index in [-0.39, 0.29) is 6.04 Å². The van der Waals surface area contributed by atoms with Gasteiger partial charge in [0.05, 0.1) is 33.1 Å². The molecule has 32 heavy (non-hydrogen) atoms. The van der Waals surface area contributed by atoms with Crippen LogP contribution in [0, 0.1) is 5.41 Å². The molecule has 7 nitrogen and oxygen atoms in total. The van der Waals surface area contributed by atoms with Gasteiger partial charge in [-0.3, -0.25) is 4.98 Å². The summed E-state index contributed by atoms with van der Waals surface area (Å²) in [5, 5.41) is 0.0737. The molecule has 1 spiro atoms. The molecular weight excluding hydrogens is 439 g/mol. The number of aromatic nitrogens is 4. The number of anilines is 2. The minimum atomic E-state index is -1.06. The molecule has 1 atom stereocenters. The van der Waals surface area contributed by atoms with Crippen molar-refractivity contribution in [1.82, 2.24) is 19.9 Å². The summed E-state index contributed by atoms with van der Waals surface area (Å²) in [6.07, 6.45) is 8.31. The lowest BCUT2D eigenvalue weighted by Crippen LogP contribution is -2.54. The number of nitrogens with zero attached hydrogens (tertiary/aromatic N) is 5. The number of rotatable bonds is 3. The zero-order valence-electron chi connectivity index (χ0n) is 17.3. The van der Waals surface area contributed by atoms with Gasteiger partial charge in [0.15, 0.2) is 0 Å². The van der Waals surface area contributed by atoms with Crippen molar-refractivity contribution < 1.29 is 0 Å². The Morgan fingerprint density at radius 3 is 2.53 bits per heavy atom. The third-order valence-electron chi connectivity index (χ3n) is 6.67. The van der Waals surface area contributed by atoms with Gasteiger partial charge in [0, 0.05) is 42.1 Å². The molecule has 0 aromatic carbocycles. The Kier molecular flexibility index (Phi) is 5.34.